The minimum absolute atomic E-state index is 0.0476. The predicted molar refractivity (Wildman–Crippen MR) is 97.6 cm³/mol. The van der Waals surface area contributed by atoms with Crippen LogP contribution >= 0.6 is 11.8 Å². The lowest BCUT2D eigenvalue weighted by Crippen LogP contribution is -2.50. The second-order valence-corrected chi connectivity index (χ2v) is 7.44. The van der Waals surface area contributed by atoms with Crippen LogP contribution in [0.2, 0.25) is 0 Å². The fraction of sp³-hybridized carbons (Fsp3) is 0.389. The number of para-hydroxylation sites is 1. The molecule has 0 radical (unpaired) electrons. The van der Waals surface area contributed by atoms with Crippen LogP contribution in [0.4, 0.5) is 18.9 Å². The van der Waals surface area contributed by atoms with Crippen LogP contribution in [0.5, 0.6) is 0 Å². The molecule has 1 unspecified atom stereocenters. The zero-order valence-corrected chi connectivity index (χ0v) is 15.5. The second kappa shape index (κ2) is 8.16. The Bertz CT molecular complexity index is 780. The van der Waals surface area contributed by atoms with E-state index >= 15 is 0 Å². The van der Waals surface area contributed by atoms with Gasteiger partial charge >= 0.3 is 6.18 Å². The predicted octanol–water partition coefficient (Wildman–Crippen LogP) is 3.32. The molecule has 1 aliphatic heterocycles. The standard InChI is InChI=1S/C18H19F3N4OS/c1-13(27-17-22-8-7-15(23-17)18(19,20)21)16(26)25-11-9-24(10-12-25)14-5-3-2-4-6-14/h2-8,13H,9-12H2,1H3. The van der Waals surface area contributed by atoms with Crippen molar-refractivity contribution in [2.24, 2.45) is 0 Å². The SMILES string of the molecule is CC(Sc1nccc(C(F)(F)F)n1)C(=O)N1CCN(c2ccccc2)CC1. The average Bonchev–Trinajstić information content (AvgIpc) is 2.68. The zero-order chi connectivity index (χ0) is 19.4. The highest BCUT2D eigenvalue weighted by Crippen LogP contribution is 2.29. The van der Waals surface area contributed by atoms with Crippen molar-refractivity contribution in [1.82, 2.24) is 14.9 Å². The number of aromatic nitrogens is 2. The summed E-state index contributed by atoms with van der Waals surface area (Å²) in [4.78, 5) is 23.9. The van der Waals surface area contributed by atoms with Crippen molar-refractivity contribution in [3.8, 4) is 0 Å². The number of hydrogen-bond donors (Lipinski definition) is 0. The Hall–Kier alpha value is -2.29. The number of halogens is 3. The highest BCUT2D eigenvalue weighted by Gasteiger charge is 2.33. The van der Waals surface area contributed by atoms with E-state index < -0.39 is 17.1 Å². The molecule has 0 N–H and O–H groups in total. The van der Waals surface area contributed by atoms with Crippen molar-refractivity contribution < 1.29 is 18.0 Å². The number of hydrogen-bond acceptors (Lipinski definition) is 5. The zero-order valence-electron chi connectivity index (χ0n) is 14.7. The van der Waals surface area contributed by atoms with Crippen molar-refractivity contribution in [2.75, 3.05) is 31.1 Å². The lowest BCUT2D eigenvalue weighted by molar-refractivity contribution is -0.141. The Morgan fingerprint density at radius 3 is 2.41 bits per heavy atom. The molecule has 27 heavy (non-hydrogen) atoms. The number of benzene rings is 1. The molecule has 144 valence electrons. The van der Waals surface area contributed by atoms with Crippen LogP contribution in [0.3, 0.4) is 0 Å². The monoisotopic (exact) mass is 396 g/mol. The molecule has 1 saturated heterocycles. The van der Waals surface area contributed by atoms with Crippen molar-refractivity contribution in [3.05, 3.63) is 48.3 Å². The van der Waals surface area contributed by atoms with Gasteiger partial charge in [0.25, 0.3) is 0 Å². The van der Waals surface area contributed by atoms with E-state index in [2.05, 4.69) is 14.9 Å². The van der Waals surface area contributed by atoms with Crippen LogP contribution in [0, 0.1) is 0 Å². The molecule has 1 aromatic heterocycles. The largest absolute Gasteiger partial charge is 0.433 e. The highest BCUT2D eigenvalue weighted by atomic mass is 32.2. The molecule has 1 amide bonds. The van der Waals surface area contributed by atoms with E-state index in [1.807, 2.05) is 30.3 Å². The van der Waals surface area contributed by atoms with Crippen LogP contribution in [0.15, 0.2) is 47.8 Å². The Kier molecular flexibility index (Phi) is 5.88. The Morgan fingerprint density at radius 2 is 1.78 bits per heavy atom. The van der Waals surface area contributed by atoms with Gasteiger partial charge in [0.1, 0.15) is 5.69 Å². The molecule has 2 heterocycles. The van der Waals surface area contributed by atoms with Crippen LogP contribution in [-0.4, -0.2) is 52.2 Å². The van der Waals surface area contributed by atoms with E-state index in [0.717, 1.165) is 29.7 Å². The molecule has 1 fully saturated rings. The summed E-state index contributed by atoms with van der Waals surface area (Å²) in [7, 11) is 0. The van der Waals surface area contributed by atoms with Gasteiger partial charge in [0.2, 0.25) is 5.91 Å². The minimum Gasteiger partial charge on any atom is -0.368 e. The molecule has 0 bridgehead atoms. The van der Waals surface area contributed by atoms with Gasteiger partial charge in [0, 0.05) is 38.1 Å². The first-order chi connectivity index (χ1) is 12.8. The molecule has 0 aliphatic carbocycles. The normalized spacial score (nSPS) is 16.3. The molecule has 1 aromatic carbocycles. The molecule has 1 aliphatic rings. The maximum absolute atomic E-state index is 12.8. The highest BCUT2D eigenvalue weighted by molar-refractivity contribution is 8.00. The summed E-state index contributed by atoms with van der Waals surface area (Å²) < 4.78 is 38.3. The lowest BCUT2D eigenvalue weighted by Gasteiger charge is -2.37. The lowest BCUT2D eigenvalue weighted by atomic mass is 10.2. The van der Waals surface area contributed by atoms with Crippen LogP contribution in [0.25, 0.3) is 0 Å². The number of thioether (sulfide) groups is 1. The van der Waals surface area contributed by atoms with Gasteiger partial charge in [-0.15, -0.1) is 0 Å². The fourth-order valence-corrected chi connectivity index (χ4v) is 3.68. The fourth-order valence-electron chi connectivity index (χ4n) is 2.84. The minimum atomic E-state index is -4.53. The molecule has 0 saturated carbocycles. The van der Waals surface area contributed by atoms with Crippen LogP contribution in [0.1, 0.15) is 12.6 Å². The summed E-state index contributed by atoms with van der Waals surface area (Å²) in [5.41, 5.74) is 0.112. The number of rotatable bonds is 4. The van der Waals surface area contributed by atoms with E-state index in [1.54, 1.807) is 11.8 Å². The summed E-state index contributed by atoms with van der Waals surface area (Å²) in [6.45, 7) is 4.24. The van der Waals surface area contributed by atoms with E-state index in [-0.39, 0.29) is 11.1 Å². The molecule has 9 heteroatoms. The van der Waals surface area contributed by atoms with Gasteiger partial charge in [0.05, 0.1) is 5.25 Å². The molecule has 1 atom stereocenters. The third-order valence-corrected chi connectivity index (χ3v) is 5.23. The smallest absolute Gasteiger partial charge is 0.368 e. The first-order valence-corrected chi connectivity index (χ1v) is 9.38. The molecule has 2 aromatic rings. The first kappa shape index (κ1) is 19.5. The van der Waals surface area contributed by atoms with E-state index in [4.69, 9.17) is 0 Å². The first-order valence-electron chi connectivity index (χ1n) is 8.50. The van der Waals surface area contributed by atoms with Gasteiger partial charge in [-0.1, -0.05) is 30.0 Å². The van der Waals surface area contributed by atoms with Crippen LogP contribution < -0.4 is 4.90 Å². The average molecular weight is 396 g/mol. The number of carbonyl (C=O) groups excluding carboxylic acids is 1. The van der Waals surface area contributed by atoms with Gasteiger partial charge in [-0.25, -0.2) is 9.97 Å². The maximum atomic E-state index is 12.8. The molecular weight excluding hydrogens is 377 g/mol. The van der Waals surface area contributed by atoms with Gasteiger partial charge in [-0.2, -0.15) is 13.2 Å². The van der Waals surface area contributed by atoms with Crippen molar-refractivity contribution in [2.45, 2.75) is 23.5 Å². The summed E-state index contributed by atoms with van der Waals surface area (Å²) in [6.07, 6.45) is -3.47. The third kappa shape index (κ3) is 4.91. The Morgan fingerprint density at radius 1 is 1.11 bits per heavy atom. The molecule has 5 nitrogen and oxygen atoms in total. The number of amides is 1. The van der Waals surface area contributed by atoms with Gasteiger partial charge in [-0.3, -0.25) is 4.79 Å². The maximum Gasteiger partial charge on any atom is 0.433 e. The summed E-state index contributed by atoms with van der Waals surface area (Å²) in [6, 6.07) is 10.8. The number of piperazine rings is 1. The summed E-state index contributed by atoms with van der Waals surface area (Å²) >= 11 is 0.946. The third-order valence-electron chi connectivity index (χ3n) is 4.27. The number of nitrogens with zero attached hydrogens (tertiary/aromatic N) is 4. The summed E-state index contributed by atoms with van der Waals surface area (Å²) in [5, 5.41) is -0.606. The van der Waals surface area contributed by atoms with Crippen molar-refractivity contribution in [1.29, 1.82) is 0 Å². The topological polar surface area (TPSA) is 49.3 Å². The van der Waals surface area contributed by atoms with E-state index in [0.29, 0.717) is 26.2 Å². The van der Waals surface area contributed by atoms with Gasteiger partial charge < -0.3 is 9.80 Å². The number of anilines is 1. The van der Waals surface area contributed by atoms with Gasteiger partial charge in [-0.05, 0) is 25.1 Å². The number of alkyl halides is 3. The van der Waals surface area contributed by atoms with E-state index in [1.165, 1.54) is 0 Å². The second-order valence-electron chi connectivity index (χ2n) is 6.13. The molecule has 3 rings (SSSR count). The summed E-state index contributed by atoms with van der Waals surface area (Å²) in [5.74, 6) is -0.117. The van der Waals surface area contributed by atoms with Crippen molar-refractivity contribution >= 4 is 23.4 Å². The number of carbonyl (C=O) groups is 1. The molecule has 0 spiro atoms. The Labute approximate surface area is 159 Å². The van der Waals surface area contributed by atoms with E-state index in [9.17, 15) is 18.0 Å². The van der Waals surface area contributed by atoms with Crippen molar-refractivity contribution in [3.63, 3.8) is 0 Å². The van der Waals surface area contributed by atoms with Crippen LogP contribution in [-0.2, 0) is 11.0 Å². The molecular formula is C18H19F3N4OS. The quantitative estimate of drug-likeness (QED) is 0.586. The van der Waals surface area contributed by atoms with Gasteiger partial charge in [0.15, 0.2) is 5.16 Å². The Balaban J connectivity index is 1.57.